The molecule has 17 heavy (non-hydrogen) atoms. The van der Waals surface area contributed by atoms with Crippen molar-refractivity contribution in [3.63, 3.8) is 0 Å². The number of nitrogens with zero attached hydrogens (tertiary/aromatic N) is 1. The van der Waals surface area contributed by atoms with Crippen molar-refractivity contribution in [1.29, 1.82) is 0 Å². The quantitative estimate of drug-likeness (QED) is 0.870. The minimum Gasteiger partial charge on any atom is -0.497 e. The average Bonchev–Trinajstić information content (AvgIpc) is 2.38. The van der Waals surface area contributed by atoms with Crippen molar-refractivity contribution in [3.8, 4) is 22.8 Å². The highest BCUT2D eigenvalue weighted by molar-refractivity contribution is 5.67. The first kappa shape index (κ1) is 11.2. The van der Waals surface area contributed by atoms with Crippen LogP contribution in [0.15, 0.2) is 35.4 Å². The number of hydrogen-bond acceptors (Lipinski definition) is 4. The second-order valence-corrected chi connectivity index (χ2v) is 3.38. The van der Waals surface area contributed by atoms with E-state index in [9.17, 15) is 4.79 Å². The van der Waals surface area contributed by atoms with Crippen molar-refractivity contribution in [3.05, 3.63) is 40.9 Å². The van der Waals surface area contributed by atoms with Crippen molar-refractivity contribution in [1.82, 2.24) is 9.97 Å². The molecule has 0 aliphatic rings. The fourth-order valence-corrected chi connectivity index (χ4v) is 1.53. The van der Waals surface area contributed by atoms with Crippen LogP contribution in [-0.2, 0) is 0 Å². The maximum Gasteiger partial charge on any atom is 0.266 e. The number of H-pyrrole nitrogens is 1. The number of aromatic amines is 1. The molecule has 0 saturated heterocycles. The summed E-state index contributed by atoms with van der Waals surface area (Å²) in [6.07, 6.45) is 2.80. The number of aromatic nitrogens is 2. The second-order valence-electron chi connectivity index (χ2n) is 3.38. The molecule has 1 aromatic carbocycles. The lowest BCUT2D eigenvalue weighted by molar-refractivity contribution is 0.395. The van der Waals surface area contributed by atoms with Gasteiger partial charge in [-0.2, -0.15) is 0 Å². The van der Waals surface area contributed by atoms with Gasteiger partial charge >= 0.3 is 0 Å². The van der Waals surface area contributed by atoms with Gasteiger partial charge in [-0.05, 0) is 12.1 Å². The number of hydrogen-bond donors (Lipinski definition) is 1. The standard InChI is InChI=1S/C12H12N2O3/c1-16-8-3-4-9(11(5-8)17-2)10-6-13-7-12(15)14-10/h3-7H,1-2H3,(H,14,15). The lowest BCUT2D eigenvalue weighted by Gasteiger charge is -2.09. The fraction of sp³-hybridized carbons (Fsp3) is 0.167. The van der Waals surface area contributed by atoms with E-state index in [1.165, 1.54) is 6.20 Å². The van der Waals surface area contributed by atoms with Gasteiger partial charge in [0.15, 0.2) is 0 Å². The van der Waals surface area contributed by atoms with Crippen LogP contribution in [0.3, 0.4) is 0 Å². The molecule has 1 heterocycles. The molecule has 2 rings (SSSR count). The van der Waals surface area contributed by atoms with E-state index < -0.39 is 0 Å². The highest BCUT2D eigenvalue weighted by Crippen LogP contribution is 2.31. The van der Waals surface area contributed by atoms with Gasteiger partial charge in [0.25, 0.3) is 5.56 Å². The predicted molar refractivity (Wildman–Crippen MR) is 63.4 cm³/mol. The number of nitrogens with one attached hydrogen (secondary N) is 1. The summed E-state index contributed by atoms with van der Waals surface area (Å²) in [5.41, 5.74) is 1.12. The summed E-state index contributed by atoms with van der Waals surface area (Å²) in [7, 11) is 3.15. The molecule has 5 nitrogen and oxygen atoms in total. The summed E-state index contributed by atoms with van der Waals surface area (Å²) in [5.74, 6) is 1.31. The van der Waals surface area contributed by atoms with Gasteiger partial charge in [-0.1, -0.05) is 0 Å². The summed E-state index contributed by atoms with van der Waals surface area (Å²) in [4.78, 5) is 17.7. The van der Waals surface area contributed by atoms with Crippen molar-refractivity contribution < 1.29 is 9.47 Å². The lowest BCUT2D eigenvalue weighted by Crippen LogP contribution is -2.06. The van der Waals surface area contributed by atoms with E-state index in [1.54, 1.807) is 32.5 Å². The molecule has 0 atom stereocenters. The van der Waals surface area contributed by atoms with Crippen molar-refractivity contribution >= 4 is 0 Å². The van der Waals surface area contributed by atoms with Gasteiger partial charge in [-0.3, -0.25) is 9.78 Å². The first-order valence-corrected chi connectivity index (χ1v) is 5.01. The smallest absolute Gasteiger partial charge is 0.266 e. The van der Waals surface area contributed by atoms with E-state index in [0.717, 1.165) is 5.56 Å². The molecule has 0 radical (unpaired) electrons. The predicted octanol–water partition coefficient (Wildman–Crippen LogP) is 1.45. The van der Waals surface area contributed by atoms with Crippen LogP contribution in [0.1, 0.15) is 0 Å². The van der Waals surface area contributed by atoms with E-state index in [1.807, 2.05) is 6.07 Å². The molecular weight excluding hydrogens is 220 g/mol. The third kappa shape index (κ3) is 2.28. The van der Waals surface area contributed by atoms with Gasteiger partial charge in [0.05, 0.1) is 32.3 Å². The zero-order valence-corrected chi connectivity index (χ0v) is 9.56. The Morgan fingerprint density at radius 2 is 2.00 bits per heavy atom. The van der Waals surface area contributed by atoms with Gasteiger partial charge < -0.3 is 14.5 Å². The van der Waals surface area contributed by atoms with Crippen LogP contribution in [0.25, 0.3) is 11.3 Å². The van der Waals surface area contributed by atoms with Gasteiger partial charge in [-0.25, -0.2) is 0 Å². The summed E-state index contributed by atoms with van der Waals surface area (Å²) >= 11 is 0. The molecule has 5 heteroatoms. The molecule has 0 bridgehead atoms. The summed E-state index contributed by atoms with van der Waals surface area (Å²) in [6, 6.07) is 5.36. The summed E-state index contributed by atoms with van der Waals surface area (Å²) in [5, 5.41) is 0. The molecule has 0 unspecified atom stereocenters. The Morgan fingerprint density at radius 3 is 2.65 bits per heavy atom. The normalized spacial score (nSPS) is 10.0. The van der Waals surface area contributed by atoms with Crippen molar-refractivity contribution in [2.75, 3.05) is 14.2 Å². The fourth-order valence-electron chi connectivity index (χ4n) is 1.53. The monoisotopic (exact) mass is 232 g/mol. The summed E-state index contributed by atoms with van der Waals surface area (Å²) in [6.45, 7) is 0. The second kappa shape index (κ2) is 4.69. The Labute approximate surface area is 98.0 Å². The van der Waals surface area contributed by atoms with Gasteiger partial charge in [0.2, 0.25) is 0 Å². The first-order chi connectivity index (χ1) is 8.24. The Bertz CT molecular complexity index is 578. The highest BCUT2D eigenvalue weighted by atomic mass is 16.5. The SMILES string of the molecule is COc1ccc(-c2cncc(=O)[nH]2)c(OC)c1. The van der Waals surface area contributed by atoms with E-state index >= 15 is 0 Å². The molecule has 0 aliphatic heterocycles. The van der Waals surface area contributed by atoms with Crippen LogP contribution < -0.4 is 15.0 Å². The van der Waals surface area contributed by atoms with Crippen LogP contribution >= 0.6 is 0 Å². The van der Waals surface area contributed by atoms with E-state index in [4.69, 9.17) is 9.47 Å². The minimum absolute atomic E-state index is 0.250. The molecule has 0 spiro atoms. The van der Waals surface area contributed by atoms with Crippen LogP contribution in [0.5, 0.6) is 11.5 Å². The van der Waals surface area contributed by atoms with Gasteiger partial charge in [-0.15, -0.1) is 0 Å². The van der Waals surface area contributed by atoms with Crippen molar-refractivity contribution in [2.24, 2.45) is 0 Å². The number of rotatable bonds is 3. The summed E-state index contributed by atoms with van der Waals surface area (Å²) < 4.78 is 10.4. The molecular formula is C12H12N2O3. The average molecular weight is 232 g/mol. The zero-order chi connectivity index (χ0) is 12.3. The Balaban J connectivity index is 2.55. The third-order valence-corrected chi connectivity index (χ3v) is 2.35. The number of ether oxygens (including phenoxy) is 2. The number of benzene rings is 1. The molecule has 0 amide bonds. The molecule has 1 aromatic heterocycles. The van der Waals surface area contributed by atoms with Crippen LogP contribution in [-0.4, -0.2) is 24.2 Å². The Kier molecular flexibility index (Phi) is 3.09. The molecule has 0 fully saturated rings. The Hall–Kier alpha value is -2.30. The maximum atomic E-state index is 11.2. The highest BCUT2D eigenvalue weighted by Gasteiger charge is 2.08. The molecule has 88 valence electrons. The Morgan fingerprint density at radius 1 is 1.18 bits per heavy atom. The topological polar surface area (TPSA) is 64.2 Å². The van der Waals surface area contributed by atoms with Crippen LogP contribution in [0.2, 0.25) is 0 Å². The van der Waals surface area contributed by atoms with Crippen LogP contribution in [0.4, 0.5) is 0 Å². The molecule has 0 aliphatic carbocycles. The lowest BCUT2D eigenvalue weighted by atomic mass is 10.1. The van der Waals surface area contributed by atoms with Crippen LogP contribution in [0, 0.1) is 0 Å². The van der Waals surface area contributed by atoms with Gasteiger partial charge in [0.1, 0.15) is 11.5 Å². The largest absolute Gasteiger partial charge is 0.497 e. The van der Waals surface area contributed by atoms with E-state index in [-0.39, 0.29) is 5.56 Å². The van der Waals surface area contributed by atoms with Gasteiger partial charge in [0, 0.05) is 11.6 Å². The molecule has 2 aromatic rings. The third-order valence-electron chi connectivity index (χ3n) is 2.35. The van der Waals surface area contributed by atoms with Crippen molar-refractivity contribution in [2.45, 2.75) is 0 Å². The maximum absolute atomic E-state index is 11.2. The minimum atomic E-state index is -0.250. The van der Waals surface area contributed by atoms with E-state index in [2.05, 4.69) is 9.97 Å². The molecule has 0 saturated carbocycles. The first-order valence-electron chi connectivity index (χ1n) is 5.01. The molecule has 1 N–H and O–H groups in total. The van der Waals surface area contributed by atoms with E-state index in [0.29, 0.717) is 17.2 Å². The zero-order valence-electron chi connectivity index (χ0n) is 9.56. The number of methoxy groups -OCH3 is 2.